The van der Waals surface area contributed by atoms with E-state index in [1.165, 1.54) is 5.56 Å². The van der Waals surface area contributed by atoms with E-state index >= 15 is 0 Å². The van der Waals surface area contributed by atoms with Crippen molar-refractivity contribution in [1.29, 1.82) is 0 Å². The van der Waals surface area contributed by atoms with Gasteiger partial charge in [-0.15, -0.1) is 0 Å². The van der Waals surface area contributed by atoms with Gasteiger partial charge in [0, 0.05) is 36.6 Å². The summed E-state index contributed by atoms with van der Waals surface area (Å²) >= 11 is 0. The van der Waals surface area contributed by atoms with Gasteiger partial charge in [-0.05, 0) is 12.0 Å². The molecule has 1 atom stereocenters. The van der Waals surface area contributed by atoms with Crippen molar-refractivity contribution in [3.63, 3.8) is 0 Å². The highest BCUT2D eigenvalue weighted by atomic mass is 16.3. The largest absolute Gasteiger partial charge is 0.384 e. The number of nitrogens with zero attached hydrogens (tertiary/aromatic N) is 2. The second kappa shape index (κ2) is 3.89. The van der Waals surface area contributed by atoms with Gasteiger partial charge < -0.3 is 10.4 Å². The summed E-state index contributed by atoms with van der Waals surface area (Å²) in [7, 11) is 1.85. The average Bonchev–Trinajstić information content (AvgIpc) is 2.95. The Labute approximate surface area is 99.9 Å². The van der Waals surface area contributed by atoms with Crippen molar-refractivity contribution >= 4 is 5.69 Å². The highest BCUT2D eigenvalue weighted by molar-refractivity contribution is 5.62. The van der Waals surface area contributed by atoms with Gasteiger partial charge in [0.25, 0.3) is 0 Å². The van der Waals surface area contributed by atoms with Crippen molar-refractivity contribution in [2.24, 2.45) is 7.05 Å². The molecule has 0 radical (unpaired) electrons. The number of para-hydroxylation sites is 1. The van der Waals surface area contributed by atoms with E-state index in [-0.39, 0.29) is 0 Å². The van der Waals surface area contributed by atoms with Crippen LogP contribution in [0, 0.1) is 0 Å². The molecule has 1 aliphatic rings. The van der Waals surface area contributed by atoms with Crippen LogP contribution in [0.5, 0.6) is 0 Å². The SMILES string of the molecule is Cn1cc(C(O)c2cccc3c2NCC3)cn1. The molecule has 4 nitrogen and oxygen atoms in total. The number of rotatable bonds is 2. The Balaban J connectivity index is 2.02. The summed E-state index contributed by atoms with van der Waals surface area (Å²) in [5, 5.41) is 17.8. The predicted molar refractivity (Wildman–Crippen MR) is 65.9 cm³/mol. The molecule has 88 valence electrons. The van der Waals surface area contributed by atoms with E-state index in [9.17, 15) is 5.11 Å². The van der Waals surface area contributed by atoms with Gasteiger partial charge in [0.15, 0.2) is 0 Å². The van der Waals surface area contributed by atoms with E-state index in [1.54, 1.807) is 10.9 Å². The summed E-state index contributed by atoms with van der Waals surface area (Å²) in [5.41, 5.74) is 4.14. The second-order valence-corrected chi connectivity index (χ2v) is 4.41. The van der Waals surface area contributed by atoms with Crippen LogP contribution < -0.4 is 5.32 Å². The number of anilines is 1. The highest BCUT2D eigenvalue weighted by Gasteiger charge is 2.20. The van der Waals surface area contributed by atoms with Gasteiger partial charge in [-0.1, -0.05) is 18.2 Å². The van der Waals surface area contributed by atoms with Crippen LogP contribution in [-0.2, 0) is 13.5 Å². The summed E-state index contributed by atoms with van der Waals surface area (Å²) in [6, 6.07) is 6.07. The van der Waals surface area contributed by atoms with E-state index in [0.29, 0.717) is 0 Å². The Morgan fingerprint density at radius 2 is 2.35 bits per heavy atom. The van der Waals surface area contributed by atoms with E-state index in [2.05, 4.69) is 16.5 Å². The molecule has 0 amide bonds. The normalized spacial score (nSPS) is 15.4. The molecule has 1 aromatic carbocycles. The Morgan fingerprint density at radius 3 is 3.12 bits per heavy atom. The van der Waals surface area contributed by atoms with Crippen molar-refractivity contribution in [2.45, 2.75) is 12.5 Å². The molecule has 3 rings (SSSR count). The summed E-state index contributed by atoms with van der Waals surface area (Å²) in [4.78, 5) is 0. The molecule has 1 aromatic heterocycles. The fourth-order valence-electron chi connectivity index (χ4n) is 2.35. The minimum atomic E-state index is -0.607. The summed E-state index contributed by atoms with van der Waals surface area (Å²) in [5.74, 6) is 0. The van der Waals surface area contributed by atoms with Gasteiger partial charge in [-0.2, -0.15) is 5.10 Å². The number of aliphatic hydroxyl groups is 1. The minimum absolute atomic E-state index is 0.607. The lowest BCUT2D eigenvalue weighted by Crippen LogP contribution is -2.03. The van der Waals surface area contributed by atoms with Crippen LogP contribution in [0.4, 0.5) is 5.69 Å². The maximum Gasteiger partial charge on any atom is 0.109 e. The zero-order chi connectivity index (χ0) is 11.8. The third-order valence-corrected chi connectivity index (χ3v) is 3.21. The molecule has 17 heavy (non-hydrogen) atoms. The molecule has 1 aliphatic heterocycles. The number of hydrogen-bond donors (Lipinski definition) is 2. The molecule has 2 N–H and O–H groups in total. The van der Waals surface area contributed by atoms with Gasteiger partial charge in [0.1, 0.15) is 6.10 Å². The van der Waals surface area contributed by atoms with Crippen LogP contribution in [0.15, 0.2) is 30.6 Å². The Morgan fingerprint density at radius 1 is 1.47 bits per heavy atom. The molecular weight excluding hydrogens is 214 g/mol. The molecule has 1 unspecified atom stereocenters. The number of benzene rings is 1. The molecule has 0 bridgehead atoms. The smallest absolute Gasteiger partial charge is 0.109 e. The molecule has 0 spiro atoms. The lowest BCUT2D eigenvalue weighted by Gasteiger charge is -2.13. The molecule has 2 heterocycles. The zero-order valence-electron chi connectivity index (χ0n) is 9.72. The van der Waals surface area contributed by atoms with E-state index in [0.717, 1.165) is 29.8 Å². The lowest BCUT2D eigenvalue weighted by atomic mass is 10.00. The summed E-state index contributed by atoms with van der Waals surface area (Å²) in [6.45, 7) is 0.951. The third-order valence-electron chi connectivity index (χ3n) is 3.21. The topological polar surface area (TPSA) is 50.1 Å². The van der Waals surface area contributed by atoms with Crippen molar-refractivity contribution < 1.29 is 5.11 Å². The monoisotopic (exact) mass is 229 g/mol. The maximum absolute atomic E-state index is 10.4. The predicted octanol–water partition coefficient (Wildman–Crippen LogP) is 1.47. The first-order valence-electron chi connectivity index (χ1n) is 5.78. The van der Waals surface area contributed by atoms with Gasteiger partial charge in [-0.3, -0.25) is 4.68 Å². The number of hydrogen-bond acceptors (Lipinski definition) is 3. The maximum atomic E-state index is 10.4. The molecule has 4 heteroatoms. The van der Waals surface area contributed by atoms with Crippen LogP contribution in [0.2, 0.25) is 0 Å². The fourth-order valence-corrected chi connectivity index (χ4v) is 2.35. The van der Waals surface area contributed by atoms with Gasteiger partial charge in [0.2, 0.25) is 0 Å². The van der Waals surface area contributed by atoms with Crippen LogP contribution in [0.1, 0.15) is 22.8 Å². The molecule has 0 saturated heterocycles. The quantitative estimate of drug-likeness (QED) is 0.820. The first-order chi connectivity index (χ1) is 8.25. The van der Waals surface area contributed by atoms with Crippen molar-refractivity contribution in [1.82, 2.24) is 9.78 Å². The number of aromatic nitrogens is 2. The minimum Gasteiger partial charge on any atom is -0.384 e. The third kappa shape index (κ3) is 1.70. The van der Waals surface area contributed by atoms with Crippen LogP contribution in [-0.4, -0.2) is 21.4 Å². The first kappa shape index (κ1) is 10.4. The number of nitrogens with one attached hydrogen (secondary N) is 1. The molecule has 0 aliphatic carbocycles. The fraction of sp³-hybridized carbons (Fsp3) is 0.308. The standard InChI is InChI=1S/C13H15N3O/c1-16-8-10(7-15-16)13(17)11-4-2-3-9-5-6-14-12(9)11/h2-4,7-8,13-14,17H,5-6H2,1H3. The zero-order valence-corrected chi connectivity index (χ0v) is 9.72. The molecule has 2 aromatic rings. The average molecular weight is 229 g/mol. The Kier molecular flexibility index (Phi) is 2.37. The summed E-state index contributed by atoms with van der Waals surface area (Å²) in [6.07, 6.45) is 3.98. The van der Waals surface area contributed by atoms with Gasteiger partial charge in [0.05, 0.1) is 6.20 Å². The van der Waals surface area contributed by atoms with Crippen molar-refractivity contribution in [3.8, 4) is 0 Å². The molecular formula is C13H15N3O. The lowest BCUT2D eigenvalue weighted by molar-refractivity contribution is 0.221. The van der Waals surface area contributed by atoms with E-state index in [4.69, 9.17) is 0 Å². The highest BCUT2D eigenvalue weighted by Crippen LogP contribution is 2.33. The Bertz CT molecular complexity index is 547. The summed E-state index contributed by atoms with van der Waals surface area (Å²) < 4.78 is 1.70. The van der Waals surface area contributed by atoms with Crippen LogP contribution in [0.25, 0.3) is 0 Å². The van der Waals surface area contributed by atoms with Gasteiger partial charge >= 0.3 is 0 Å². The second-order valence-electron chi connectivity index (χ2n) is 4.41. The molecule has 0 fully saturated rings. The van der Waals surface area contributed by atoms with Crippen molar-refractivity contribution in [2.75, 3.05) is 11.9 Å². The van der Waals surface area contributed by atoms with Crippen LogP contribution >= 0.6 is 0 Å². The number of fused-ring (bicyclic) bond motifs is 1. The first-order valence-corrected chi connectivity index (χ1v) is 5.78. The Hall–Kier alpha value is -1.81. The van der Waals surface area contributed by atoms with E-state index in [1.807, 2.05) is 25.4 Å². The molecule has 0 saturated carbocycles. The number of aliphatic hydroxyl groups excluding tert-OH is 1. The van der Waals surface area contributed by atoms with E-state index < -0.39 is 6.10 Å². The van der Waals surface area contributed by atoms with Gasteiger partial charge in [-0.25, -0.2) is 0 Å². The van der Waals surface area contributed by atoms with Crippen molar-refractivity contribution in [3.05, 3.63) is 47.3 Å². The number of aryl methyl sites for hydroxylation is 1. The van der Waals surface area contributed by atoms with Crippen LogP contribution in [0.3, 0.4) is 0 Å².